The maximum Gasteiger partial charge on any atom is 0.289 e. The number of rotatable bonds is 2. The van der Waals surface area contributed by atoms with Crippen LogP contribution in [0, 0.1) is 0 Å². The maximum atomic E-state index is 13.0. The zero-order chi connectivity index (χ0) is 18.2. The second kappa shape index (κ2) is 6.81. The summed E-state index contributed by atoms with van der Waals surface area (Å²) in [5.74, 6) is 2.69. The van der Waals surface area contributed by atoms with Gasteiger partial charge in [0.05, 0.1) is 0 Å². The minimum atomic E-state index is -0.0341. The number of aromatic nitrogens is 3. The van der Waals surface area contributed by atoms with Crippen LogP contribution in [0.25, 0.3) is 11.0 Å². The van der Waals surface area contributed by atoms with Crippen molar-refractivity contribution in [2.24, 2.45) is 0 Å². The monoisotopic (exact) mass is 365 g/mol. The van der Waals surface area contributed by atoms with Crippen LogP contribution in [0.2, 0.25) is 0 Å². The smallest absolute Gasteiger partial charge is 0.289 e. The third kappa shape index (κ3) is 3.02. The predicted octanol–water partition coefficient (Wildman–Crippen LogP) is 2.19. The van der Waals surface area contributed by atoms with Crippen molar-refractivity contribution in [3.05, 3.63) is 47.7 Å². The van der Waals surface area contributed by atoms with Crippen LogP contribution in [-0.2, 0) is 13.0 Å². The van der Waals surface area contributed by atoms with Gasteiger partial charge in [-0.05, 0) is 25.0 Å². The van der Waals surface area contributed by atoms with Crippen molar-refractivity contribution in [1.82, 2.24) is 25.0 Å². The van der Waals surface area contributed by atoms with Gasteiger partial charge in [-0.1, -0.05) is 18.2 Å². The van der Waals surface area contributed by atoms with Crippen LogP contribution < -0.4 is 5.32 Å². The van der Waals surface area contributed by atoms with Crippen LogP contribution in [0.15, 0.2) is 34.7 Å². The summed E-state index contributed by atoms with van der Waals surface area (Å²) in [4.78, 5) is 14.9. The van der Waals surface area contributed by atoms with E-state index in [2.05, 4.69) is 20.1 Å². The van der Waals surface area contributed by atoms with Gasteiger partial charge in [-0.15, -0.1) is 10.2 Å². The molecule has 0 radical (unpaired) electrons. The summed E-state index contributed by atoms with van der Waals surface area (Å²) >= 11 is 0. The van der Waals surface area contributed by atoms with Crippen LogP contribution in [0.1, 0.15) is 41.0 Å². The number of hydrogen-bond donors (Lipinski definition) is 1. The first-order valence-electron chi connectivity index (χ1n) is 9.70. The normalized spacial score (nSPS) is 20.4. The van der Waals surface area contributed by atoms with Gasteiger partial charge in [0.2, 0.25) is 0 Å². The number of fused-ring (bicyclic) bond motifs is 2. The molecule has 0 saturated carbocycles. The molecular weight excluding hydrogens is 342 g/mol. The zero-order valence-corrected chi connectivity index (χ0v) is 15.2. The Kier molecular flexibility index (Phi) is 4.16. The molecule has 3 aromatic rings. The molecule has 1 fully saturated rings. The molecule has 27 heavy (non-hydrogen) atoms. The average Bonchev–Trinajstić information content (AvgIpc) is 3.25. The van der Waals surface area contributed by atoms with Gasteiger partial charge in [0.1, 0.15) is 17.2 Å². The number of piperidine rings is 1. The molecule has 2 aliphatic rings. The zero-order valence-electron chi connectivity index (χ0n) is 15.2. The topological polar surface area (TPSA) is 76.2 Å². The number of furan rings is 1. The van der Waals surface area contributed by atoms with Gasteiger partial charge in [0, 0.05) is 50.4 Å². The molecule has 0 bridgehead atoms. The fourth-order valence-corrected chi connectivity index (χ4v) is 4.21. The van der Waals surface area contributed by atoms with Gasteiger partial charge in [-0.25, -0.2) is 0 Å². The summed E-state index contributed by atoms with van der Waals surface area (Å²) in [5.41, 5.74) is 0.754. The molecule has 1 unspecified atom stereocenters. The van der Waals surface area contributed by atoms with Crippen LogP contribution in [0.3, 0.4) is 0 Å². The van der Waals surface area contributed by atoms with Crippen LogP contribution in [0.4, 0.5) is 0 Å². The number of nitrogens with one attached hydrogen (secondary N) is 1. The first kappa shape index (κ1) is 16.5. The molecular formula is C20H23N5O2. The summed E-state index contributed by atoms with van der Waals surface area (Å²) < 4.78 is 8.03. The van der Waals surface area contributed by atoms with Crippen molar-refractivity contribution in [3.63, 3.8) is 0 Å². The van der Waals surface area contributed by atoms with Crippen LogP contribution in [-0.4, -0.2) is 51.8 Å². The predicted molar refractivity (Wildman–Crippen MR) is 101 cm³/mol. The van der Waals surface area contributed by atoms with E-state index >= 15 is 0 Å². The number of carbonyl (C=O) groups is 1. The van der Waals surface area contributed by atoms with E-state index in [0.717, 1.165) is 68.1 Å². The molecule has 1 N–H and O–H groups in total. The van der Waals surface area contributed by atoms with Crippen molar-refractivity contribution in [2.45, 2.75) is 31.7 Å². The first-order chi connectivity index (χ1) is 13.3. The highest BCUT2D eigenvalue weighted by Crippen LogP contribution is 2.28. The van der Waals surface area contributed by atoms with Crippen molar-refractivity contribution in [1.29, 1.82) is 0 Å². The molecule has 2 aromatic heterocycles. The molecule has 7 heteroatoms. The van der Waals surface area contributed by atoms with Crippen LogP contribution in [0.5, 0.6) is 0 Å². The Morgan fingerprint density at radius 2 is 2.11 bits per heavy atom. The highest BCUT2D eigenvalue weighted by Gasteiger charge is 2.31. The maximum absolute atomic E-state index is 13.0. The Balaban J connectivity index is 1.38. The summed E-state index contributed by atoms with van der Waals surface area (Å²) in [6.07, 6.45) is 2.91. The number of benzene rings is 1. The molecule has 5 rings (SSSR count). The molecule has 4 heterocycles. The van der Waals surface area contributed by atoms with Gasteiger partial charge in [0.25, 0.3) is 5.91 Å². The summed E-state index contributed by atoms with van der Waals surface area (Å²) in [6.45, 7) is 4.20. The van der Waals surface area contributed by atoms with Crippen molar-refractivity contribution < 1.29 is 9.21 Å². The SMILES string of the molecule is O=C(c1cc2ccccc2o1)N1CCCC(c2nnc3n2CCNCC3)C1. The number of nitrogens with zero attached hydrogens (tertiary/aromatic N) is 4. The van der Waals surface area contributed by atoms with E-state index in [1.165, 1.54) is 0 Å². The lowest BCUT2D eigenvalue weighted by atomic mass is 9.96. The first-order valence-corrected chi connectivity index (χ1v) is 9.70. The average molecular weight is 365 g/mol. The van der Waals surface area contributed by atoms with Gasteiger partial charge < -0.3 is 19.2 Å². The Labute approximate surface area is 157 Å². The third-order valence-electron chi connectivity index (χ3n) is 5.60. The molecule has 1 atom stereocenters. The fraction of sp³-hybridized carbons (Fsp3) is 0.450. The molecule has 1 aromatic carbocycles. The summed E-state index contributed by atoms with van der Waals surface area (Å²) in [7, 11) is 0. The number of carbonyl (C=O) groups excluding carboxylic acids is 1. The van der Waals surface area contributed by atoms with Gasteiger partial charge in [0.15, 0.2) is 5.76 Å². The van der Waals surface area contributed by atoms with E-state index in [4.69, 9.17) is 4.42 Å². The van der Waals surface area contributed by atoms with Crippen molar-refractivity contribution in [2.75, 3.05) is 26.2 Å². The van der Waals surface area contributed by atoms with E-state index in [9.17, 15) is 4.79 Å². The van der Waals surface area contributed by atoms with Crippen LogP contribution >= 0.6 is 0 Å². The van der Waals surface area contributed by atoms with E-state index < -0.39 is 0 Å². The quantitative estimate of drug-likeness (QED) is 0.753. The lowest BCUT2D eigenvalue weighted by molar-refractivity contribution is 0.0673. The molecule has 0 spiro atoms. The van der Waals surface area contributed by atoms with E-state index in [1.54, 1.807) is 0 Å². The molecule has 1 amide bonds. The highest BCUT2D eigenvalue weighted by atomic mass is 16.3. The lowest BCUT2D eigenvalue weighted by Crippen LogP contribution is -2.39. The van der Waals surface area contributed by atoms with Gasteiger partial charge in [-0.2, -0.15) is 0 Å². The largest absolute Gasteiger partial charge is 0.451 e. The molecule has 1 saturated heterocycles. The van der Waals surface area contributed by atoms with E-state index in [-0.39, 0.29) is 11.8 Å². The molecule has 140 valence electrons. The Bertz CT molecular complexity index is 943. The van der Waals surface area contributed by atoms with E-state index in [0.29, 0.717) is 12.3 Å². The van der Waals surface area contributed by atoms with E-state index in [1.807, 2.05) is 35.2 Å². The third-order valence-corrected chi connectivity index (χ3v) is 5.60. The number of amides is 1. The van der Waals surface area contributed by atoms with Gasteiger partial charge in [-0.3, -0.25) is 4.79 Å². The summed E-state index contributed by atoms with van der Waals surface area (Å²) in [6, 6.07) is 9.58. The number of likely N-dealkylation sites (tertiary alicyclic amines) is 1. The van der Waals surface area contributed by atoms with Crippen molar-refractivity contribution >= 4 is 16.9 Å². The Morgan fingerprint density at radius 3 is 3.04 bits per heavy atom. The van der Waals surface area contributed by atoms with Gasteiger partial charge >= 0.3 is 0 Å². The Hall–Kier alpha value is -2.67. The second-order valence-corrected chi connectivity index (χ2v) is 7.36. The fourth-order valence-electron chi connectivity index (χ4n) is 4.21. The minimum Gasteiger partial charge on any atom is -0.451 e. The second-order valence-electron chi connectivity index (χ2n) is 7.36. The standard InChI is InChI=1S/C20H23N5O2/c26-20(17-12-14-4-1-2-6-16(14)27-17)24-10-3-5-15(13-24)19-23-22-18-7-8-21-9-11-25(18)19/h1-2,4,6,12,15,21H,3,5,7-11,13H2. The Morgan fingerprint density at radius 1 is 1.19 bits per heavy atom. The lowest BCUT2D eigenvalue weighted by Gasteiger charge is -2.32. The molecule has 7 nitrogen and oxygen atoms in total. The minimum absolute atomic E-state index is 0.0341. The molecule has 2 aliphatic heterocycles. The summed E-state index contributed by atoms with van der Waals surface area (Å²) in [5, 5.41) is 13.3. The number of para-hydroxylation sites is 1. The molecule has 0 aliphatic carbocycles. The number of hydrogen-bond acceptors (Lipinski definition) is 5. The van der Waals surface area contributed by atoms with Crippen molar-refractivity contribution in [3.8, 4) is 0 Å². The highest BCUT2D eigenvalue weighted by molar-refractivity contribution is 5.96.